The number of carbonyl (C=O) groups excluding carboxylic acids is 1. The van der Waals surface area contributed by atoms with Crippen molar-refractivity contribution in [2.45, 2.75) is 27.7 Å². The van der Waals surface area contributed by atoms with E-state index in [-0.39, 0.29) is 18.4 Å². The summed E-state index contributed by atoms with van der Waals surface area (Å²) >= 11 is 0. The first-order chi connectivity index (χ1) is 8.60. The molecule has 0 unspecified atom stereocenters. The summed E-state index contributed by atoms with van der Waals surface area (Å²) in [6.45, 7) is 11.4. The lowest BCUT2D eigenvalue weighted by Gasteiger charge is -2.17. The zero-order chi connectivity index (χ0) is 13.5. The molecule has 0 aromatic heterocycles. The van der Waals surface area contributed by atoms with Crippen LogP contribution in [0.1, 0.15) is 35.3 Å². The standard InChI is InChI=1S/C15H23NO2.ClH/c1-5-16(6-2)10-11-18-15(17)14-9-7-8-12(3)13(14)4;/h7-9H,5-6,10-11H2,1-4H3;1H. The Kier molecular flexibility index (Phi) is 8.44. The molecule has 19 heavy (non-hydrogen) atoms. The predicted molar refractivity (Wildman–Crippen MR) is 81.2 cm³/mol. The lowest BCUT2D eigenvalue weighted by Crippen LogP contribution is -2.28. The van der Waals surface area contributed by atoms with Crippen molar-refractivity contribution in [2.24, 2.45) is 0 Å². The average Bonchev–Trinajstić information content (AvgIpc) is 2.37. The number of halogens is 1. The van der Waals surface area contributed by atoms with Crippen molar-refractivity contribution in [3.8, 4) is 0 Å². The number of carbonyl (C=O) groups is 1. The van der Waals surface area contributed by atoms with Gasteiger partial charge in [0.25, 0.3) is 0 Å². The maximum atomic E-state index is 11.9. The van der Waals surface area contributed by atoms with Crippen LogP contribution in [0.4, 0.5) is 0 Å². The monoisotopic (exact) mass is 285 g/mol. The van der Waals surface area contributed by atoms with Crippen molar-refractivity contribution < 1.29 is 9.53 Å². The maximum Gasteiger partial charge on any atom is 0.338 e. The van der Waals surface area contributed by atoms with E-state index in [1.807, 2.05) is 32.0 Å². The number of hydrogen-bond donors (Lipinski definition) is 0. The number of likely N-dealkylation sites (N-methyl/N-ethyl adjacent to an activating group) is 1. The van der Waals surface area contributed by atoms with Gasteiger partial charge < -0.3 is 9.64 Å². The third-order valence-corrected chi connectivity index (χ3v) is 3.36. The molecule has 0 saturated heterocycles. The molecule has 3 nitrogen and oxygen atoms in total. The van der Waals surface area contributed by atoms with Gasteiger partial charge in [0.15, 0.2) is 0 Å². The molecule has 0 aliphatic rings. The van der Waals surface area contributed by atoms with Crippen LogP contribution in [0.5, 0.6) is 0 Å². The number of aryl methyl sites for hydroxylation is 1. The lowest BCUT2D eigenvalue weighted by molar-refractivity contribution is 0.0465. The average molecular weight is 286 g/mol. The minimum atomic E-state index is -0.219. The molecule has 4 heteroatoms. The fraction of sp³-hybridized carbons (Fsp3) is 0.533. The van der Waals surface area contributed by atoms with Crippen LogP contribution < -0.4 is 0 Å². The Labute approximate surface area is 122 Å². The molecule has 0 bridgehead atoms. The molecule has 1 aromatic rings. The van der Waals surface area contributed by atoms with Crippen LogP contribution in [-0.4, -0.2) is 37.1 Å². The van der Waals surface area contributed by atoms with E-state index in [0.29, 0.717) is 12.2 Å². The molecule has 0 aliphatic heterocycles. The number of ether oxygens (including phenoxy) is 1. The fourth-order valence-electron chi connectivity index (χ4n) is 1.86. The summed E-state index contributed by atoms with van der Waals surface area (Å²) in [6.07, 6.45) is 0. The number of esters is 1. The molecule has 1 rings (SSSR count). The van der Waals surface area contributed by atoms with Crippen LogP contribution in [0.2, 0.25) is 0 Å². The highest BCUT2D eigenvalue weighted by atomic mass is 35.5. The fourth-order valence-corrected chi connectivity index (χ4v) is 1.86. The number of hydrogen-bond acceptors (Lipinski definition) is 3. The van der Waals surface area contributed by atoms with E-state index in [0.717, 1.165) is 30.8 Å². The van der Waals surface area contributed by atoms with E-state index < -0.39 is 0 Å². The van der Waals surface area contributed by atoms with Crippen LogP contribution in [0.15, 0.2) is 18.2 Å². The van der Waals surface area contributed by atoms with E-state index in [9.17, 15) is 4.79 Å². The van der Waals surface area contributed by atoms with Crippen molar-refractivity contribution in [2.75, 3.05) is 26.2 Å². The van der Waals surface area contributed by atoms with Crippen molar-refractivity contribution >= 4 is 18.4 Å². The molecule has 1 aromatic carbocycles. The molecule has 0 radical (unpaired) electrons. The largest absolute Gasteiger partial charge is 0.461 e. The predicted octanol–water partition coefficient (Wildman–Crippen LogP) is 3.22. The van der Waals surface area contributed by atoms with Crippen LogP contribution in [-0.2, 0) is 4.74 Å². The molecule has 0 atom stereocenters. The van der Waals surface area contributed by atoms with Gasteiger partial charge in [-0.3, -0.25) is 0 Å². The minimum absolute atomic E-state index is 0. The second-order valence-corrected chi connectivity index (χ2v) is 4.41. The van der Waals surface area contributed by atoms with E-state index >= 15 is 0 Å². The highest BCUT2D eigenvalue weighted by Crippen LogP contribution is 2.13. The molecule has 0 heterocycles. The zero-order valence-electron chi connectivity index (χ0n) is 12.2. The SMILES string of the molecule is CCN(CC)CCOC(=O)c1cccc(C)c1C.Cl. The molecular weight excluding hydrogens is 262 g/mol. The van der Waals surface area contributed by atoms with Gasteiger partial charge in [0.05, 0.1) is 5.56 Å². The molecule has 0 aliphatic carbocycles. The Balaban J connectivity index is 0.00000324. The number of rotatable bonds is 6. The van der Waals surface area contributed by atoms with Gasteiger partial charge in [-0.05, 0) is 44.1 Å². The van der Waals surface area contributed by atoms with Gasteiger partial charge in [-0.25, -0.2) is 4.79 Å². The van der Waals surface area contributed by atoms with Crippen molar-refractivity contribution in [3.05, 3.63) is 34.9 Å². The zero-order valence-corrected chi connectivity index (χ0v) is 13.0. The summed E-state index contributed by atoms with van der Waals surface area (Å²) in [5.74, 6) is -0.219. The number of nitrogens with zero attached hydrogens (tertiary/aromatic N) is 1. The Bertz CT molecular complexity index is 403. The Hall–Kier alpha value is -1.06. The van der Waals surface area contributed by atoms with Crippen LogP contribution in [0.3, 0.4) is 0 Å². The first-order valence-electron chi connectivity index (χ1n) is 6.55. The molecule has 0 fully saturated rings. The van der Waals surface area contributed by atoms with Gasteiger partial charge in [-0.1, -0.05) is 26.0 Å². The Morgan fingerprint density at radius 1 is 1.21 bits per heavy atom. The molecular formula is C15H24ClNO2. The third kappa shape index (κ3) is 5.21. The van der Waals surface area contributed by atoms with Gasteiger partial charge in [0.2, 0.25) is 0 Å². The quantitative estimate of drug-likeness (QED) is 0.752. The van der Waals surface area contributed by atoms with Crippen molar-refractivity contribution in [1.82, 2.24) is 4.90 Å². The van der Waals surface area contributed by atoms with E-state index in [2.05, 4.69) is 18.7 Å². The first kappa shape index (κ1) is 17.9. The van der Waals surface area contributed by atoms with Gasteiger partial charge in [-0.15, -0.1) is 12.4 Å². The Morgan fingerprint density at radius 2 is 1.84 bits per heavy atom. The minimum Gasteiger partial charge on any atom is -0.461 e. The molecule has 0 spiro atoms. The number of benzene rings is 1. The Morgan fingerprint density at radius 3 is 2.42 bits per heavy atom. The van der Waals surface area contributed by atoms with Gasteiger partial charge >= 0.3 is 5.97 Å². The van der Waals surface area contributed by atoms with E-state index in [4.69, 9.17) is 4.74 Å². The summed E-state index contributed by atoms with van der Waals surface area (Å²) in [6, 6.07) is 5.72. The van der Waals surface area contributed by atoms with E-state index in [1.165, 1.54) is 0 Å². The second-order valence-electron chi connectivity index (χ2n) is 4.41. The molecule has 0 amide bonds. The van der Waals surface area contributed by atoms with E-state index in [1.54, 1.807) is 0 Å². The highest BCUT2D eigenvalue weighted by molar-refractivity contribution is 5.91. The molecule has 108 valence electrons. The highest BCUT2D eigenvalue weighted by Gasteiger charge is 2.11. The van der Waals surface area contributed by atoms with Gasteiger partial charge in [0, 0.05) is 6.54 Å². The summed E-state index contributed by atoms with van der Waals surface area (Å²) in [5.41, 5.74) is 2.80. The van der Waals surface area contributed by atoms with Crippen molar-refractivity contribution in [3.63, 3.8) is 0 Å². The topological polar surface area (TPSA) is 29.5 Å². The first-order valence-corrected chi connectivity index (χ1v) is 6.55. The summed E-state index contributed by atoms with van der Waals surface area (Å²) < 4.78 is 5.32. The van der Waals surface area contributed by atoms with Crippen LogP contribution in [0.25, 0.3) is 0 Å². The maximum absolute atomic E-state index is 11.9. The summed E-state index contributed by atoms with van der Waals surface area (Å²) in [4.78, 5) is 14.2. The van der Waals surface area contributed by atoms with Gasteiger partial charge in [0.1, 0.15) is 6.61 Å². The summed E-state index contributed by atoms with van der Waals surface area (Å²) in [5, 5.41) is 0. The summed E-state index contributed by atoms with van der Waals surface area (Å²) in [7, 11) is 0. The van der Waals surface area contributed by atoms with Gasteiger partial charge in [-0.2, -0.15) is 0 Å². The van der Waals surface area contributed by atoms with Crippen LogP contribution >= 0.6 is 12.4 Å². The molecule has 0 N–H and O–H groups in total. The molecule has 0 saturated carbocycles. The lowest BCUT2D eigenvalue weighted by atomic mass is 10.0. The third-order valence-electron chi connectivity index (χ3n) is 3.36. The van der Waals surface area contributed by atoms with Crippen molar-refractivity contribution in [1.29, 1.82) is 0 Å². The normalized spacial score (nSPS) is 10.2. The van der Waals surface area contributed by atoms with Crippen LogP contribution in [0, 0.1) is 13.8 Å². The second kappa shape index (κ2) is 8.94. The smallest absolute Gasteiger partial charge is 0.338 e.